The molecule has 4 aromatic carbocycles. The average molecular weight is 824 g/mol. The Balaban J connectivity index is 1.40. The van der Waals surface area contributed by atoms with Crippen LogP contribution in [0.5, 0.6) is 0 Å². The van der Waals surface area contributed by atoms with Gasteiger partial charge in [-0.25, -0.2) is 4.98 Å². The number of Topliss-reactive ketones (excluding diaryl/α,β-unsaturated/α-hetero) is 2. The number of thiazole rings is 1. The summed E-state index contributed by atoms with van der Waals surface area (Å²) in [5, 5.41) is 40.6. The number of benzene rings is 4. The zero-order valence-corrected chi connectivity index (χ0v) is 35.8. The van der Waals surface area contributed by atoms with Crippen molar-refractivity contribution < 1.29 is 9.59 Å². The first-order valence-electron chi connectivity index (χ1n) is 19.5. The van der Waals surface area contributed by atoms with E-state index in [1.807, 2.05) is 24.3 Å². The lowest BCUT2D eigenvalue weighted by molar-refractivity contribution is 0.103. The van der Waals surface area contributed by atoms with Crippen molar-refractivity contribution in [3.8, 4) is 34.2 Å². The lowest BCUT2D eigenvalue weighted by atomic mass is 9.34. The van der Waals surface area contributed by atoms with Crippen molar-refractivity contribution in [1.82, 2.24) is 4.98 Å². The number of rotatable bonds is 6. The topological polar surface area (TPSA) is 142 Å². The van der Waals surface area contributed by atoms with Gasteiger partial charge in [0.05, 0.1) is 4.88 Å². The van der Waals surface area contributed by atoms with E-state index in [2.05, 4.69) is 71.9 Å². The van der Waals surface area contributed by atoms with Crippen LogP contribution in [0.4, 0.5) is 0 Å². The summed E-state index contributed by atoms with van der Waals surface area (Å²) in [4.78, 5) is 35.2. The fourth-order valence-corrected chi connectivity index (χ4v) is 11.2. The van der Waals surface area contributed by atoms with Crippen LogP contribution in [0, 0.1) is 86.9 Å². The Labute approximate surface area is 362 Å². The molecule has 61 heavy (non-hydrogen) atoms. The first-order chi connectivity index (χ1) is 29.4. The Kier molecular flexibility index (Phi) is 10.5. The quantitative estimate of drug-likeness (QED) is 0.0926. The minimum Gasteiger partial charge on any atom is -0.289 e. The highest BCUT2D eigenvalue weighted by atomic mass is 32.1. The number of nitrogens with zero attached hydrogens (tertiary/aromatic N) is 5. The minimum atomic E-state index is -0.273. The molecule has 0 saturated carbocycles. The molecule has 0 N–H and O–H groups in total. The van der Waals surface area contributed by atoms with E-state index >= 15 is 0 Å². The van der Waals surface area contributed by atoms with E-state index in [0.717, 1.165) is 59.5 Å². The van der Waals surface area contributed by atoms with E-state index < -0.39 is 0 Å². The number of hydrogen-bond donors (Lipinski definition) is 0. The summed E-state index contributed by atoms with van der Waals surface area (Å²) in [7, 11) is 0. The number of aryl methyl sites for hydroxylation is 6. The molecule has 10 heteroatoms. The van der Waals surface area contributed by atoms with Gasteiger partial charge in [0.15, 0.2) is 11.6 Å². The standard InChI is InChI=1S/C51H34BN5O2S2/c1-27-15-29(3)46(30(4)16-27)52(47-31(5)17-28(2)18-32(47)6)43-21-35(19-41-44(33(22-53)23-54)37-11-7-9-13-39(37)48(41)58)60-50(43)51-57-26-36(61-51)20-42-45(34(24-55)25-56)38-12-8-10-14-40(38)49(42)59/h7-21,26H,1-6H3/b41-19-,42-20-. The molecular weight excluding hydrogens is 790 g/mol. The molecule has 7 nitrogen and oxygen atoms in total. The number of allylic oxidation sites excluding steroid dienone is 6. The van der Waals surface area contributed by atoms with Gasteiger partial charge in [0, 0.05) is 49.4 Å². The van der Waals surface area contributed by atoms with Gasteiger partial charge < -0.3 is 0 Å². The van der Waals surface area contributed by atoms with E-state index in [1.165, 1.54) is 22.7 Å². The molecule has 0 unspecified atom stereocenters. The molecule has 0 saturated heterocycles. The van der Waals surface area contributed by atoms with Gasteiger partial charge in [0.25, 0.3) is 0 Å². The van der Waals surface area contributed by atoms with Crippen molar-refractivity contribution in [1.29, 1.82) is 21.0 Å². The molecule has 0 amide bonds. The molecule has 0 atom stereocenters. The maximum Gasteiger partial charge on any atom is 0.244 e. The molecule has 6 aromatic rings. The van der Waals surface area contributed by atoms with Crippen LogP contribution >= 0.6 is 22.7 Å². The van der Waals surface area contributed by atoms with Crippen molar-refractivity contribution in [3.63, 3.8) is 0 Å². The predicted molar refractivity (Wildman–Crippen MR) is 245 cm³/mol. The van der Waals surface area contributed by atoms with Crippen molar-refractivity contribution in [2.45, 2.75) is 41.5 Å². The Morgan fingerprint density at radius 1 is 0.574 bits per heavy atom. The molecular formula is C51H34BN5O2S2. The molecule has 2 heterocycles. The number of fused-ring (bicyclic) bond motifs is 2. The zero-order chi connectivity index (χ0) is 43.3. The molecule has 0 spiro atoms. The van der Waals surface area contributed by atoms with Crippen LogP contribution in [-0.4, -0.2) is 23.3 Å². The van der Waals surface area contributed by atoms with Crippen LogP contribution in [0.2, 0.25) is 0 Å². The highest BCUT2D eigenvalue weighted by Gasteiger charge is 2.36. The largest absolute Gasteiger partial charge is 0.289 e. The molecule has 290 valence electrons. The molecule has 0 radical (unpaired) electrons. The SMILES string of the molecule is Cc1cc(C)c(B(c2cc(/C=C3\C(=O)c4ccccc4C3=C(C#N)C#N)sc2-c2ncc(/C=C3\C(=O)c4ccccc4C3=C(C#N)C#N)s2)c2c(C)cc(C)cc2C)c(C)c1. The van der Waals surface area contributed by atoms with E-state index in [1.54, 1.807) is 66.9 Å². The van der Waals surface area contributed by atoms with E-state index in [0.29, 0.717) is 43.3 Å². The van der Waals surface area contributed by atoms with Crippen LogP contribution < -0.4 is 16.4 Å². The Morgan fingerprint density at radius 2 is 0.984 bits per heavy atom. The number of hydrogen-bond acceptors (Lipinski definition) is 9. The van der Waals surface area contributed by atoms with Crippen molar-refractivity contribution in [3.05, 3.63) is 173 Å². The normalized spacial score (nSPS) is 14.1. The number of nitriles is 4. The third-order valence-corrected chi connectivity index (χ3v) is 13.5. The fourth-order valence-electron chi connectivity index (χ4n) is 9.06. The lowest BCUT2D eigenvalue weighted by Gasteiger charge is -2.24. The van der Waals surface area contributed by atoms with E-state index in [9.17, 15) is 30.6 Å². The van der Waals surface area contributed by atoms with Gasteiger partial charge in [0.2, 0.25) is 6.71 Å². The average Bonchev–Trinajstić information content (AvgIpc) is 4.00. The van der Waals surface area contributed by atoms with Gasteiger partial charge in [0.1, 0.15) is 40.4 Å². The molecule has 0 aliphatic heterocycles. The maximum absolute atomic E-state index is 14.1. The molecule has 8 rings (SSSR count). The highest BCUT2D eigenvalue weighted by molar-refractivity contribution is 7.24. The second-order valence-corrected chi connectivity index (χ2v) is 17.5. The van der Waals surface area contributed by atoms with Crippen LogP contribution in [0.3, 0.4) is 0 Å². The fraction of sp³-hybridized carbons (Fsp3) is 0.118. The molecule has 0 bridgehead atoms. The minimum absolute atomic E-state index is 0.137. The summed E-state index contributed by atoms with van der Waals surface area (Å²) in [6.45, 7) is 12.5. The maximum atomic E-state index is 14.1. The van der Waals surface area contributed by atoms with Crippen LogP contribution in [0.1, 0.15) is 75.0 Å². The highest BCUT2D eigenvalue weighted by Crippen LogP contribution is 2.43. The van der Waals surface area contributed by atoms with Crippen LogP contribution in [-0.2, 0) is 0 Å². The Hall–Kier alpha value is -7.47. The monoisotopic (exact) mass is 823 g/mol. The van der Waals surface area contributed by atoms with Gasteiger partial charge in [-0.3, -0.25) is 9.59 Å². The molecule has 2 aliphatic carbocycles. The first kappa shape index (κ1) is 40.3. The van der Waals surface area contributed by atoms with Crippen molar-refractivity contribution >= 4 is 80.6 Å². The van der Waals surface area contributed by atoms with E-state index in [4.69, 9.17) is 4.98 Å². The molecule has 0 fully saturated rings. The van der Waals surface area contributed by atoms with Gasteiger partial charge >= 0.3 is 0 Å². The number of ketones is 2. The van der Waals surface area contributed by atoms with Crippen molar-refractivity contribution in [2.24, 2.45) is 0 Å². The summed E-state index contributed by atoms with van der Waals surface area (Å²) in [5.74, 6) is -0.536. The second-order valence-electron chi connectivity index (χ2n) is 15.4. The van der Waals surface area contributed by atoms with Gasteiger partial charge in [-0.15, -0.1) is 22.7 Å². The lowest BCUT2D eigenvalue weighted by Crippen LogP contribution is -2.56. The molecule has 2 aromatic heterocycles. The second kappa shape index (κ2) is 15.9. The Morgan fingerprint density at radius 3 is 1.41 bits per heavy atom. The van der Waals surface area contributed by atoms with Crippen LogP contribution in [0.15, 0.2) is 107 Å². The van der Waals surface area contributed by atoms with Gasteiger partial charge in [-0.1, -0.05) is 117 Å². The number of thiophene rings is 1. The van der Waals surface area contributed by atoms with Gasteiger partial charge in [-0.2, -0.15) is 21.0 Å². The molecule has 2 aliphatic rings. The number of carbonyl (C=O) groups excluding carboxylic acids is 2. The number of carbonyl (C=O) groups is 2. The third-order valence-electron chi connectivity index (χ3n) is 11.3. The number of aromatic nitrogens is 1. The smallest absolute Gasteiger partial charge is 0.244 e. The summed E-state index contributed by atoms with van der Waals surface area (Å²) in [6.07, 6.45) is 5.20. The van der Waals surface area contributed by atoms with Crippen molar-refractivity contribution in [2.75, 3.05) is 0 Å². The summed E-state index contributed by atoms with van der Waals surface area (Å²) in [5.41, 5.74) is 12.9. The van der Waals surface area contributed by atoms with E-state index in [-0.39, 0.29) is 40.6 Å². The van der Waals surface area contributed by atoms with Crippen LogP contribution in [0.25, 0.3) is 33.2 Å². The Bertz CT molecular complexity index is 3120. The summed E-state index contributed by atoms with van der Waals surface area (Å²) < 4.78 is 0. The third kappa shape index (κ3) is 6.89. The summed E-state index contributed by atoms with van der Waals surface area (Å²) >= 11 is 2.85. The predicted octanol–water partition coefficient (Wildman–Crippen LogP) is 9.40. The summed E-state index contributed by atoms with van der Waals surface area (Å²) in [6, 6.07) is 32.9. The zero-order valence-electron chi connectivity index (χ0n) is 34.2. The van der Waals surface area contributed by atoms with Gasteiger partial charge in [-0.05, 0) is 76.4 Å². The first-order valence-corrected chi connectivity index (χ1v) is 21.1.